The second kappa shape index (κ2) is 6.86. The summed E-state index contributed by atoms with van der Waals surface area (Å²) in [7, 11) is 1.51. The Balaban J connectivity index is 2.64. The predicted octanol–water partition coefficient (Wildman–Crippen LogP) is 1.86. The highest BCUT2D eigenvalue weighted by atomic mass is 16.5. The molecule has 1 aromatic rings. The van der Waals surface area contributed by atoms with Gasteiger partial charge in [-0.1, -0.05) is 19.8 Å². The Morgan fingerprint density at radius 2 is 2.28 bits per heavy atom. The molecule has 1 rings (SSSR count). The van der Waals surface area contributed by atoms with E-state index in [0.717, 1.165) is 12.8 Å². The van der Waals surface area contributed by atoms with E-state index < -0.39 is 6.04 Å². The zero-order valence-corrected chi connectivity index (χ0v) is 10.8. The molecular formula is C13H20N2O3. The van der Waals surface area contributed by atoms with Crippen molar-refractivity contribution in [2.75, 3.05) is 12.4 Å². The van der Waals surface area contributed by atoms with E-state index in [9.17, 15) is 9.90 Å². The molecule has 0 saturated carbocycles. The average molecular weight is 252 g/mol. The first kappa shape index (κ1) is 14.3. The Morgan fingerprint density at radius 3 is 2.83 bits per heavy atom. The summed E-state index contributed by atoms with van der Waals surface area (Å²) in [4.78, 5) is 11.7. The van der Waals surface area contributed by atoms with Gasteiger partial charge in [0.1, 0.15) is 11.5 Å². The molecule has 4 N–H and O–H groups in total. The van der Waals surface area contributed by atoms with Crippen LogP contribution >= 0.6 is 0 Å². The number of carbonyl (C=O) groups excluding carboxylic acids is 1. The van der Waals surface area contributed by atoms with Crippen LogP contribution in [0.3, 0.4) is 0 Å². The van der Waals surface area contributed by atoms with E-state index in [1.54, 1.807) is 12.1 Å². The monoisotopic (exact) mass is 252 g/mol. The minimum Gasteiger partial charge on any atom is -0.506 e. The van der Waals surface area contributed by atoms with Crippen LogP contribution in [-0.4, -0.2) is 24.2 Å². The molecule has 1 aromatic carbocycles. The molecule has 1 atom stereocenters. The smallest absolute Gasteiger partial charge is 0.241 e. The molecule has 0 aliphatic carbocycles. The van der Waals surface area contributed by atoms with Crippen molar-refractivity contribution in [3.63, 3.8) is 0 Å². The fraction of sp³-hybridized carbons (Fsp3) is 0.462. The summed E-state index contributed by atoms with van der Waals surface area (Å²) in [6, 6.07) is 4.13. The number of nitrogens with two attached hydrogens (primary N) is 1. The molecule has 0 spiro atoms. The van der Waals surface area contributed by atoms with Crippen molar-refractivity contribution in [1.29, 1.82) is 0 Å². The quantitative estimate of drug-likeness (QED) is 0.675. The number of rotatable bonds is 6. The van der Waals surface area contributed by atoms with Gasteiger partial charge in [-0.25, -0.2) is 0 Å². The van der Waals surface area contributed by atoms with Gasteiger partial charge < -0.3 is 20.9 Å². The third-order valence-electron chi connectivity index (χ3n) is 2.67. The number of ether oxygens (including phenoxy) is 1. The van der Waals surface area contributed by atoms with Crippen LogP contribution in [-0.2, 0) is 4.79 Å². The van der Waals surface area contributed by atoms with Crippen LogP contribution in [0.4, 0.5) is 5.69 Å². The molecule has 5 heteroatoms. The summed E-state index contributed by atoms with van der Waals surface area (Å²) in [6.45, 7) is 2.04. The topological polar surface area (TPSA) is 84.6 Å². The number of benzene rings is 1. The number of nitrogens with one attached hydrogen (secondary N) is 1. The van der Waals surface area contributed by atoms with E-state index >= 15 is 0 Å². The molecule has 0 unspecified atom stereocenters. The molecule has 0 bridgehead atoms. The number of phenols is 1. The molecule has 0 aliphatic heterocycles. The lowest BCUT2D eigenvalue weighted by Crippen LogP contribution is -2.35. The maximum atomic E-state index is 11.7. The van der Waals surface area contributed by atoms with Gasteiger partial charge in [0.05, 0.1) is 18.8 Å². The van der Waals surface area contributed by atoms with E-state index in [0.29, 0.717) is 17.9 Å². The number of aromatic hydroxyl groups is 1. The molecule has 0 radical (unpaired) electrons. The molecule has 1 amide bonds. The van der Waals surface area contributed by atoms with Crippen LogP contribution in [0.2, 0.25) is 0 Å². The highest BCUT2D eigenvalue weighted by Gasteiger charge is 2.14. The Kier molecular flexibility index (Phi) is 5.45. The number of amides is 1. The van der Waals surface area contributed by atoms with Gasteiger partial charge in [0.15, 0.2) is 0 Å². The Labute approximate surface area is 107 Å². The summed E-state index contributed by atoms with van der Waals surface area (Å²) < 4.78 is 4.96. The van der Waals surface area contributed by atoms with Crippen molar-refractivity contribution in [3.05, 3.63) is 18.2 Å². The van der Waals surface area contributed by atoms with Gasteiger partial charge in [0, 0.05) is 6.07 Å². The van der Waals surface area contributed by atoms with Crippen LogP contribution in [0.5, 0.6) is 11.5 Å². The summed E-state index contributed by atoms with van der Waals surface area (Å²) in [6.07, 6.45) is 2.54. The zero-order valence-electron chi connectivity index (χ0n) is 10.8. The van der Waals surface area contributed by atoms with Crippen molar-refractivity contribution in [3.8, 4) is 11.5 Å². The van der Waals surface area contributed by atoms with Crippen molar-refractivity contribution >= 4 is 11.6 Å². The van der Waals surface area contributed by atoms with Gasteiger partial charge >= 0.3 is 0 Å². The fourth-order valence-corrected chi connectivity index (χ4v) is 1.52. The summed E-state index contributed by atoms with van der Waals surface area (Å²) >= 11 is 0. The standard InChI is InChI=1S/C13H20N2O3/c1-3-4-5-10(14)13(17)15-11-7-6-9(18-2)8-12(11)16/h6-8,10,16H,3-5,14H2,1-2H3,(H,15,17)/t10-/m0/s1. The Morgan fingerprint density at radius 1 is 1.56 bits per heavy atom. The minimum absolute atomic E-state index is 0.0367. The first-order chi connectivity index (χ1) is 8.58. The number of hydrogen-bond acceptors (Lipinski definition) is 4. The summed E-state index contributed by atoms with van der Waals surface area (Å²) in [5.41, 5.74) is 6.08. The van der Waals surface area contributed by atoms with Crippen LogP contribution in [0.25, 0.3) is 0 Å². The number of carbonyl (C=O) groups is 1. The molecule has 0 heterocycles. The number of unbranched alkanes of at least 4 members (excludes halogenated alkanes) is 1. The number of methoxy groups -OCH3 is 1. The summed E-state index contributed by atoms with van der Waals surface area (Å²) in [5, 5.41) is 12.3. The van der Waals surface area contributed by atoms with Crippen molar-refractivity contribution in [1.82, 2.24) is 0 Å². The van der Waals surface area contributed by atoms with Gasteiger partial charge in [0.2, 0.25) is 5.91 Å². The largest absolute Gasteiger partial charge is 0.506 e. The van der Waals surface area contributed by atoms with E-state index in [1.165, 1.54) is 13.2 Å². The van der Waals surface area contributed by atoms with Gasteiger partial charge in [-0.3, -0.25) is 4.79 Å². The van der Waals surface area contributed by atoms with Crippen LogP contribution < -0.4 is 15.8 Å². The SMILES string of the molecule is CCCC[C@H](N)C(=O)Nc1ccc(OC)cc1O. The molecular weight excluding hydrogens is 232 g/mol. The molecule has 0 saturated heterocycles. The normalized spacial score (nSPS) is 11.9. The zero-order chi connectivity index (χ0) is 13.5. The third kappa shape index (κ3) is 3.92. The van der Waals surface area contributed by atoms with Gasteiger partial charge in [-0.2, -0.15) is 0 Å². The first-order valence-corrected chi connectivity index (χ1v) is 6.02. The van der Waals surface area contributed by atoms with Crippen molar-refractivity contribution < 1.29 is 14.6 Å². The molecule has 18 heavy (non-hydrogen) atoms. The lowest BCUT2D eigenvalue weighted by atomic mass is 10.1. The van der Waals surface area contributed by atoms with Crippen molar-refractivity contribution in [2.45, 2.75) is 32.2 Å². The fourth-order valence-electron chi connectivity index (χ4n) is 1.52. The first-order valence-electron chi connectivity index (χ1n) is 6.02. The third-order valence-corrected chi connectivity index (χ3v) is 2.67. The van der Waals surface area contributed by atoms with Crippen LogP contribution in [0, 0.1) is 0 Å². The molecule has 0 aliphatic rings. The number of anilines is 1. The average Bonchev–Trinajstić information content (AvgIpc) is 2.38. The second-order valence-electron chi connectivity index (χ2n) is 4.12. The Bertz CT molecular complexity index is 407. The number of phenolic OH excluding ortho intramolecular Hbond substituents is 1. The van der Waals surface area contributed by atoms with E-state index in [-0.39, 0.29) is 11.7 Å². The highest BCUT2D eigenvalue weighted by molar-refractivity contribution is 5.95. The molecule has 0 fully saturated rings. The van der Waals surface area contributed by atoms with Crippen LogP contribution in [0.1, 0.15) is 26.2 Å². The van der Waals surface area contributed by atoms with Gasteiger partial charge in [-0.05, 0) is 18.6 Å². The summed E-state index contributed by atoms with van der Waals surface area (Å²) in [5.74, 6) is 0.204. The number of hydrogen-bond donors (Lipinski definition) is 3. The van der Waals surface area contributed by atoms with E-state index in [1.807, 2.05) is 6.92 Å². The van der Waals surface area contributed by atoms with E-state index in [4.69, 9.17) is 10.5 Å². The van der Waals surface area contributed by atoms with E-state index in [2.05, 4.69) is 5.32 Å². The van der Waals surface area contributed by atoms with Gasteiger partial charge in [-0.15, -0.1) is 0 Å². The van der Waals surface area contributed by atoms with Gasteiger partial charge in [0.25, 0.3) is 0 Å². The lowest BCUT2D eigenvalue weighted by molar-refractivity contribution is -0.117. The molecule has 0 aromatic heterocycles. The maximum absolute atomic E-state index is 11.7. The minimum atomic E-state index is -0.550. The molecule has 100 valence electrons. The molecule has 5 nitrogen and oxygen atoms in total. The Hall–Kier alpha value is -1.75. The lowest BCUT2D eigenvalue weighted by Gasteiger charge is -2.13. The maximum Gasteiger partial charge on any atom is 0.241 e. The van der Waals surface area contributed by atoms with Crippen LogP contribution in [0.15, 0.2) is 18.2 Å². The second-order valence-corrected chi connectivity index (χ2v) is 4.12. The predicted molar refractivity (Wildman–Crippen MR) is 70.8 cm³/mol. The van der Waals surface area contributed by atoms with Crippen molar-refractivity contribution in [2.24, 2.45) is 5.73 Å². The highest BCUT2D eigenvalue weighted by Crippen LogP contribution is 2.27.